The summed E-state index contributed by atoms with van der Waals surface area (Å²) in [4.78, 5) is 6.77. The number of hydrogen-bond donors (Lipinski definition) is 1. The number of pyridine rings is 1. The highest BCUT2D eigenvalue weighted by molar-refractivity contribution is 5.37. The Morgan fingerprint density at radius 2 is 2.41 bits per heavy atom. The number of hydrogen-bond acceptors (Lipinski definition) is 4. The van der Waals surface area contributed by atoms with Crippen LogP contribution in [-0.2, 0) is 0 Å². The number of ether oxygens (including phenoxy) is 1. The molecule has 0 amide bonds. The summed E-state index contributed by atoms with van der Waals surface area (Å²) >= 11 is 0. The van der Waals surface area contributed by atoms with E-state index in [1.54, 1.807) is 0 Å². The minimum Gasteiger partial charge on any atom is -0.478 e. The van der Waals surface area contributed by atoms with Crippen molar-refractivity contribution in [3.8, 4) is 5.88 Å². The number of rotatable bonds is 5. The molecule has 1 aliphatic rings. The first-order valence-corrected chi connectivity index (χ1v) is 6.30. The summed E-state index contributed by atoms with van der Waals surface area (Å²) in [6, 6.07) is 5.85. The van der Waals surface area contributed by atoms with E-state index in [9.17, 15) is 0 Å². The molecule has 94 valence electrons. The molecule has 0 bridgehead atoms. The van der Waals surface area contributed by atoms with Crippen LogP contribution in [0.3, 0.4) is 0 Å². The number of anilines is 1. The Labute approximate surface area is 103 Å². The molecule has 0 spiro atoms. The molecule has 1 unspecified atom stereocenters. The van der Waals surface area contributed by atoms with Crippen molar-refractivity contribution in [2.75, 3.05) is 38.6 Å². The van der Waals surface area contributed by atoms with Gasteiger partial charge in [-0.25, -0.2) is 0 Å². The molecule has 1 saturated heterocycles. The molecule has 1 aromatic heterocycles. The average Bonchev–Trinajstić information content (AvgIpc) is 2.74. The summed E-state index contributed by atoms with van der Waals surface area (Å²) in [7, 11) is 2.17. The highest BCUT2D eigenvalue weighted by Gasteiger charge is 2.18. The first-order chi connectivity index (χ1) is 8.28. The van der Waals surface area contributed by atoms with Gasteiger partial charge in [-0.2, -0.15) is 4.98 Å². The van der Waals surface area contributed by atoms with Gasteiger partial charge in [-0.1, -0.05) is 6.07 Å². The fourth-order valence-electron chi connectivity index (χ4n) is 2.18. The van der Waals surface area contributed by atoms with Crippen LogP contribution in [0.1, 0.15) is 13.3 Å². The Balaban J connectivity index is 1.83. The second-order valence-electron chi connectivity index (χ2n) is 4.59. The normalized spacial score (nSPS) is 20.5. The van der Waals surface area contributed by atoms with Crippen molar-refractivity contribution in [2.45, 2.75) is 13.3 Å². The van der Waals surface area contributed by atoms with Gasteiger partial charge in [-0.15, -0.1) is 0 Å². The van der Waals surface area contributed by atoms with Crippen molar-refractivity contribution >= 4 is 5.82 Å². The Morgan fingerprint density at radius 3 is 3.12 bits per heavy atom. The third kappa shape index (κ3) is 3.60. The molecule has 0 radical (unpaired) electrons. The summed E-state index contributed by atoms with van der Waals surface area (Å²) in [5, 5.41) is 3.39. The third-order valence-electron chi connectivity index (χ3n) is 3.08. The first-order valence-electron chi connectivity index (χ1n) is 6.30. The van der Waals surface area contributed by atoms with Crippen LogP contribution in [0.2, 0.25) is 0 Å². The predicted molar refractivity (Wildman–Crippen MR) is 69.5 cm³/mol. The zero-order valence-electron chi connectivity index (χ0n) is 10.6. The number of likely N-dealkylation sites (tertiary alicyclic amines) is 1. The Hall–Kier alpha value is -1.29. The molecular weight excluding hydrogens is 214 g/mol. The smallest absolute Gasteiger partial charge is 0.215 e. The first kappa shape index (κ1) is 12.2. The molecule has 1 fully saturated rings. The second-order valence-corrected chi connectivity index (χ2v) is 4.59. The summed E-state index contributed by atoms with van der Waals surface area (Å²) in [6.07, 6.45) is 1.27. The van der Waals surface area contributed by atoms with Gasteiger partial charge in [-0.3, -0.25) is 0 Å². The zero-order chi connectivity index (χ0) is 12.1. The van der Waals surface area contributed by atoms with E-state index in [0.29, 0.717) is 12.5 Å². The quantitative estimate of drug-likeness (QED) is 0.845. The van der Waals surface area contributed by atoms with Gasteiger partial charge in [0.15, 0.2) is 0 Å². The SMILES string of the molecule is CCOc1cccc(NCC2CCN(C)C2)n1. The van der Waals surface area contributed by atoms with Crippen LogP contribution in [0.4, 0.5) is 5.82 Å². The number of aromatic nitrogens is 1. The molecule has 0 aromatic carbocycles. The van der Waals surface area contributed by atoms with Crippen LogP contribution in [0, 0.1) is 5.92 Å². The molecule has 0 aliphatic carbocycles. The van der Waals surface area contributed by atoms with E-state index < -0.39 is 0 Å². The van der Waals surface area contributed by atoms with Gasteiger partial charge < -0.3 is 15.0 Å². The van der Waals surface area contributed by atoms with Gasteiger partial charge in [0, 0.05) is 19.2 Å². The summed E-state index contributed by atoms with van der Waals surface area (Å²) in [5.74, 6) is 2.34. The van der Waals surface area contributed by atoms with Crippen molar-refractivity contribution in [1.82, 2.24) is 9.88 Å². The lowest BCUT2D eigenvalue weighted by molar-refractivity contribution is 0.327. The molecule has 4 heteroatoms. The maximum absolute atomic E-state index is 5.38. The predicted octanol–water partition coefficient (Wildman–Crippen LogP) is 1.84. The molecule has 17 heavy (non-hydrogen) atoms. The van der Waals surface area contributed by atoms with Crippen molar-refractivity contribution in [3.63, 3.8) is 0 Å². The summed E-state index contributed by atoms with van der Waals surface area (Å²) < 4.78 is 5.38. The minimum absolute atomic E-state index is 0.657. The van der Waals surface area contributed by atoms with Gasteiger partial charge in [0.2, 0.25) is 5.88 Å². The molecule has 0 saturated carbocycles. The maximum Gasteiger partial charge on any atom is 0.215 e. The van der Waals surface area contributed by atoms with E-state index in [4.69, 9.17) is 4.74 Å². The van der Waals surface area contributed by atoms with E-state index >= 15 is 0 Å². The summed E-state index contributed by atoms with van der Waals surface area (Å²) in [6.45, 7) is 6.00. The molecule has 1 atom stereocenters. The van der Waals surface area contributed by atoms with E-state index in [1.165, 1.54) is 19.5 Å². The van der Waals surface area contributed by atoms with Crippen molar-refractivity contribution in [1.29, 1.82) is 0 Å². The van der Waals surface area contributed by atoms with Gasteiger partial charge in [-0.05, 0) is 38.9 Å². The van der Waals surface area contributed by atoms with Gasteiger partial charge in [0.1, 0.15) is 5.82 Å². The average molecular weight is 235 g/mol. The van der Waals surface area contributed by atoms with Crippen LogP contribution >= 0.6 is 0 Å². The molecular formula is C13H21N3O. The molecule has 2 rings (SSSR count). The fourth-order valence-corrected chi connectivity index (χ4v) is 2.18. The van der Waals surface area contributed by atoms with Crippen molar-refractivity contribution in [3.05, 3.63) is 18.2 Å². The molecule has 1 N–H and O–H groups in total. The van der Waals surface area contributed by atoms with Crippen molar-refractivity contribution < 1.29 is 4.74 Å². The lowest BCUT2D eigenvalue weighted by Gasteiger charge is -2.12. The monoisotopic (exact) mass is 235 g/mol. The summed E-state index contributed by atoms with van der Waals surface area (Å²) in [5.41, 5.74) is 0. The molecule has 1 aromatic rings. The van der Waals surface area contributed by atoms with Crippen molar-refractivity contribution in [2.24, 2.45) is 5.92 Å². The van der Waals surface area contributed by atoms with E-state index in [-0.39, 0.29) is 0 Å². The Kier molecular flexibility index (Phi) is 4.20. The number of nitrogens with one attached hydrogen (secondary N) is 1. The van der Waals surface area contributed by atoms with Gasteiger partial charge in [0.25, 0.3) is 0 Å². The molecule has 4 nitrogen and oxygen atoms in total. The zero-order valence-corrected chi connectivity index (χ0v) is 10.6. The van der Waals surface area contributed by atoms with Gasteiger partial charge in [0.05, 0.1) is 6.61 Å². The highest BCUT2D eigenvalue weighted by atomic mass is 16.5. The van der Waals surface area contributed by atoms with Crippen LogP contribution in [-0.4, -0.2) is 43.2 Å². The van der Waals surface area contributed by atoms with Crippen LogP contribution in [0.15, 0.2) is 18.2 Å². The second kappa shape index (κ2) is 5.87. The van der Waals surface area contributed by atoms with E-state index in [1.807, 2.05) is 25.1 Å². The molecule has 1 aliphatic heterocycles. The van der Waals surface area contributed by atoms with Crippen LogP contribution in [0.25, 0.3) is 0 Å². The van der Waals surface area contributed by atoms with Crippen LogP contribution in [0.5, 0.6) is 5.88 Å². The third-order valence-corrected chi connectivity index (χ3v) is 3.08. The van der Waals surface area contributed by atoms with E-state index in [2.05, 4.69) is 22.2 Å². The maximum atomic E-state index is 5.38. The molecule has 2 heterocycles. The standard InChI is InChI=1S/C13H21N3O/c1-3-17-13-6-4-5-12(15-13)14-9-11-7-8-16(2)10-11/h4-6,11H,3,7-10H2,1-2H3,(H,14,15). The van der Waals surface area contributed by atoms with E-state index in [0.717, 1.165) is 18.3 Å². The highest BCUT2D eigenvalue weighted by Crippen LogP contribution is 2.16. The largest absolute Gasteiger partial charge is 0.478 e. The minimum atomic E-state index is 0.657. The Morgan fingerprint density at radius 1 is 1.53 bits per heavy atom. The fraction of sp³-hybridized carbons (Fsp3) is 0.615. The number of nitrogens with zero attached hydrogens (tertiary/aromatic N) is 2. The topological polar surface area (TPSA) is 37.4 Å². The lowest BCUT2D eigenvalue weighted by atomic mass is 10.1. The van der Waals surface area contributed by atoms with Gasteiger partial charge >= 0.3 is 0 Å². The Bertz CT molecular complexity index is 356. The lowest BCUT2D eigenvalue weighted by Crippen LogP contribution is -2.19. The van der Waals surface area contributed by atoms with Crippen LogP contribution < -0.4 is 10.1 Å².